The van der Waals surface area contributed by atoms with Crippen molar-refractivity contribution in [1.82, 2.24) is 10.2 Å². The van der Waals surface area contributed by atoms with Crippen molar-refractivity contribution in [2.45, 2.75) is 19.8 Å². The average molecular weight is 297 g/mol. The predicted molar refractivity (Wildman–Crippen MR) is 85.1 cm³/mol. The fourth-order valence-electron chi connectivity index (χ4n) is 2.76. The highest BCUT2D eigenvalue weighted by Crippen LogP contribution is 2.28. The van der Waals surface area contributed by atoms with Gasteiger partial charge in [0.05, 0.1) is 24.2 Å². The zero-order chi connectivity index (χ0) is 15.5. The van der Waals surface area contributed by atoms with Gasteiger partial charge < -0.3 is 9.57 Å². The fraction of sp³-hybridized carbons (Fsp3) is 0.353. The van der Waals surface area contributed by atoms with E-state index in [0.29, 0.717) is 5.92 Å². The molecule has 5 nitrogen and oxygen atoms in total. The molecule has 2 aromatic rings. The lowest BCUT2D eigenvalue weighted by Crippen LogP contribution is -2.21. The number of methoxy groups -OCH3 is 1. The summed E-state index contributed by atoms with van der Waals surface area (Å²) < 4.78 is 5.18. The average Bonchev–Trinajstić information content (AvgIpc) is 2.55. The Kier molecular flexibility index (Phi) is 4.04. The van der Waals surface area contributed by atoms with E-state index in [-0.39, 0.29) is 0 Å². The van der Waals surface area contributed by atoms with E-state index in [1.807, 2.05) is 30.3 Å². The molecule has 0 amide bonds. The third-order valence-electron chi connectivity index (χ3n) is 3.85. The summed E-state index contributed by atoms with van der Waals surface area (Å²) in [6.45, 7) is 2.19. The lowest BCUT2D eigenvalue weighted by Gasteiger charge is -2.21. The summed E-state index contributed by atoms with van der Waals surface area (Å²) in [5.74, 6) is 1.33. The minimum Gasteiger partial charge on any atom is -0.497 e. The summed E-state index contributed by atoms with van der Waals surface area (Å²) >= 11 is 0. The van der Waals surface area contributed by atoms with Crippen molar-refractivity contribution in [2.75, 3.05) is 14.2 Å². The topological polar surface area (TPSA) is 56.6 Å². The molecule has 1 aromatic carbocycles. The van der Waals surface area contributed by atoms with Gasteiger partial charge in [-0.2, -0.15) is 10.2 Å². The van der Waals surface area contributed by atoms with E-state index in [0.717, 1.165) is 46.8 Å². The number of ether oxygens (including phenoxy) is 1. The Balaban J connectivity index is 2.01. The van der Waals surface area contributed by atoms with Crippen molar-refractivity contribution >= 4 is 5.71 Å². The van der Waals surface area contributed by atoms with Crippen LogP contribution in [0.3, 0.4) is 0 Å². The molecule has 0 aliphatic heterocycles. The molecular formula is C17H19N3O2. The summed E-state index contributed by atoms with van der Waals surface area (Å²) in [6, 6.07) is 9.85. The van der Waals surface area contributed by atoms with E-state index in [1.54, 1.807) is 14.2 Å². The molecule has 0 N–H and O–H groups in total. The van der Waals surface area contributed by atoms with Gasteiger partial charge in [-0.1, -0.05) is 12.1 Å². The van der Waals surface area contributed by atoms with Gasteiger partial charge >= 0.3 is 0 Å². The quantitative estimate of drug-likeness (QED) is 0.817. The number of hydrogen-bond acceptors (Lipinski definition) is 5. The van der Waals surface area contributed by atoms with Crippen LogP contribution < -0.4 is 4.74 Å². The van der Waals surface area contributed by atoms with Crippen molar-refractivity contribution in [3.8, 4) is 17.0 Å². The van der Waals surface area contributed by atoms with Crippen LogP contribution in [0.2, 0.25) is 0 Å². The second kappa shape index (κ2) is 6.13. The molecule has 1 atom stereocenters. The Bertz CT molecular complexity index is 696. The molecule has 0 radical (unpaired) electrons. The summed E-state index contributed by atoms with van der Waals surface area (Å²) in [7, 11) is 3.23. The monoisotopic (exact) mass is 297 g/mol. The van der Waals surface area contributed by atoms with Gasteiger partial charge in [-0.05, 0) is 49.1 Å². The first-order valence-corrected chi connectivity index (χ1v) is 7.32. The second-order valence-electron chi connectivity index (χ2n) is 5.55. The number of benzene rings is 1. The van der Waals surface area contributed by atoms with Gasteiger partial charge in [0.2, 0.25) is 0 Å². The molecule has 5 heteroatoms. The zero-order valence-corrected chi connectivity index (χ0v) is 13.0. The van der Waals surface area contributed by atoms with Gasteiger partial charge in [0, 0.05) is 11.1 Å². The molecule has 0 unspecified atom stereocenters. The lowest BCUT2D eigenvalue weighted by atomic mass is 9.86. The minimum absolute atomic E-state index is 0.502. The SMILES string of the molecule is CON=C1C[C@H](C)Cc2nnc(-c3ccc(OC)cc3)cc21. The van der Waals surface area contributed by atoms with Crippen molar-refractivity contribution in [3.63, 3.8) is 0 Å². The van der Waals surface area contributed by atoms with Crippen molar-refractivity contribution in [2.24, 2.45) is 11.1 Å². The van der Waals surface area contributed by atoms with Gasteiger partial charge in [-0.3, -0.25) is 0 Å². The summed E-state index contributed by atoms with van der Waals surface area (Å²) in [6.07, 6.45) is 1.82. The van der Waals surface area contributed by atoms with Crippen LogP contribution in [0.1, 0.15) is 24.6 Å². The Hall–Kier alpha value is -2.43. The fourth-order valence-corrected chi connectivity index (χ4v) is 2.76. The van der Waals surface area contributed by atoms with Crippen LogP contribution in [-0.4, -0.2) is 30.1 Å². The highest BCUT2D eigenvalue weighted by Gasteiger charge is 2.23. The Morgan fingerprint density at radius 1 is 1.09 bits per heavy atom. The summed E-state index contributed by atoms with van der Waals surface area (Å²) in [5, 5.41) is 12.9. The number of oxime groups is 1. The third-order valence-corrected chi connectivity index (χ3v) is 3.85. The molecule has 1 aliphatic carbocycles. The normalized spacial score (nSPS) is 18.9. The maximum absolute atomic E-state index is 5.18. The standard InChI is InChI=1S/C17H19N3O2/c1-11-8-16-14(17(9-11)20-22-3)10-15(18-19-16)12-4-6-13(21-2)7-5-12/h4-7,10-11H,8-9H2,1-3H3/t11-/m1/s1. The molecule has 114 valence electrons. The predicted octanol–water partition coefficient (Wildman–Crippen LogP) is 3.09. The Morgan fingerprint density at radius 3 is 2.55 bits per heavy atom. The first kappa shape index (κ1) is 14.5. The maximum Gasteiger partial charge on any atom is 0.118 e. The molecule has 0 saturated carbocycles. The molecular weight excluding hydrogens is 278 g/mol. The smallest absolute Gasteiger partial charge is 0.118 e. The van der Waals surface area contributed by atoms with E-state index >= 15 is 0 Å². The molecule has 0 bridgehead atoms. The van der Waals surface area contributed by atoms with Gasteiger partial charge in [-0.15, -0.1) is 0 Å². The van der Waals surface area contributed by atoms with Crippen molar-refractivity contribution in [3.05, 3.63) is 41.6 Å². The van der Waals surface area contributed by atoms with Gasteiger partial charge in [0.25, 0.3) is 0 Å². The number of fused-ring (bicyclic) bond motifs is 1. The second-order valence-corrected chi connectivity index (χ2v) is 5.55. The Morgan fingerprint density at radius 2 is 1.86 bits per heavy atom. The highest BCUT2D eigenvalue weighted by molar-refractivity contribution is 6.02. The van der Waals surface area contributed by atoms with E-state index in [4.69, 9.17) is 9.57 Å². The van der Waals surface area contributed by atoms with Crippen LogP contribution in [0.4, 0.5) is 0 Å². The zero-order valence-electron chi connectivity index (χ0n) is 13.0. The number of nitrogens with zero attached hydrogens (tertiary/aromatic N) is 3. The lowest BCUT2D eigenvalue weighted by molar-refractivity contribution is 0.212. The van der Waals surface area contributed by atoms with E-state index in [1.165, 1.54) is 0 Å². The van der Waals surface area contributed by atoms with Crippen LogP contribution in [0.25, 0.3) is 11.3 Å². The first-order chi connectivity index (χ1) is 10.7. The van der Waals surface area contributed by atoms with Crippen LogP contribution >= 0.6 is 0 Å². The van der Waals surface area contributed by atoms with Gasteiger partial charge in [-0.25, -0.2) is 0 Å². The van der Waals surface area contributed by atoms with Gasteiger partial charge in [0.15, 0.2) is 0 Å². The highest BCUT2D eigenvalue weighted by atomic mass is 16.6. The largest absolute Gasteiger partial charge is 0.497 e. The molecule has 3 rings (SSSR count). The van der Waals surface area contributed by atoms with Crippen molar-refractivity contribution in [1.29, 1.82) is 0 Å². The van der Waals surface area contributed by atoms with Crippen molar-refractivity contribution < 1.29 is 9.57 Å². The van der Waals surface area contributed by atoms with E-state index < -0.39 is 0 Å². The first-order valence-electron chi connectivity index (χ1n) is 7.32. The number of hydrogen-bond donors (Lipinski definition) is 0. The van der Waals surface area contributed by atoms with Crippen LogP contribution in [-0.2, 0) is 11.3 Å². The van der Waals surface area contributed by atoms with Crippen LogP contribution in [0.15, 0.2) is 35.5 Å². The van der Waals surface area contributed by atoms with Crippen LogP contribution in [0.5, 0.6) is 5.75 Å². The molecule has 1 aromatic heterocycles. The van der Waals surface area contributed by atoms with Crippen LogP contribution in [0, 0.1) is 5.92 Å². The number of rotatable bonds is 3. The van der Waals surface area contributed by atoms with E-state index in [2.05, 4.69) is 22.3 Å². The number of aromatic nitrogens is 2. The van der Waals surface area contributed by atoms with Gasteiger partial charge in [0.1, 0.15) is 12.9 Å². The molecule has 0 fully saturated rings. The molecule has 0 saturated heterocycles. The molecule has 1 heterocycles. The molecule has 0 spiro atoms. The maximum atomic E-state index is 5.18. The third kappa shape index (κ3) is 2.79. The molecule has 22 heavy (non-hydrogen) atoms. The summed E-state index contributed by atoms with van der Waals surface area (Å²) in [5.41, 5.74) is 4.82. The van der Waals surface area contributed by atoms with E-state index in [9.17, 15) is 0 Å². The molecule has 1 aliphatic rings. The Labute approximate surface area is 130 Å². The minimum atomic E-state index is 0.502. The summed E-state index contributed by atoms with van der Waals surface area (Å²) in [4.78, 5) is 4.99.